The lowest BCUT2D eigenvalue weighted by molar-refractivity contribution is 0.243. The molecule has 0 radical (unpaired) electrons. The molecule has 5 heteroatoms. The van der Waals surface area contributed by atoms with Gasteiger partial charge in [0.05, 0.1) is 13.2 Å². The Balaban J connectivity index is 0. The van der Waals surface area contributed by atoms with Crippen molar-refractivity contribution in [3.8, 4) is 0 Å². The van der Waals surface area contributed by atoms with E-state index in [4.69, 9.17) is 0 Å². The first kappa shape index (κ1) is 16.1. The van der Waals surface area contributed by atoms with Crippen molar-refractivity contribution in [2.45, 2.75) is 33.6 Å². The van der Waals surface area contributed by atoms with E-state index in [-0.39, 0.29) is 0 Å². The van der Waals surface area contributed by atoms with E-state index in [1.165, 1.54) is 12.8 Å². The smallest absolute Gasteiger partial charge is 0.311 e. The summed E-state index contributed by atoms with van der Waals surface area (Å²) in [5.41, 5.74) is 0. The molecule has 0 saturated heterocycles. The molecule has 0 heterocycles. The van der Waals surface area contributed by atoms with E-state index in [1.807, 2.05) is 0 Å². The third-order valence-electron chi connectivity index (χ3n) is 1.01. The first-order valence-electron chi connectivity index (χ1n) is 4.58. The molecule has 0 aromatic heterocycles. The van der Waals surface area contributed by atoms with Gasteiger partial charge in [0.1, 0.15) is 0 Å². The Morgan fingerprint density at radius 1 is 1.15 bits per heavy atom. The predicted molar refractivity (Wildman–Crippen MR) is 61.0 cm³/mol. The molecule has 0 bridgehead atoms. The molecule has 0 aliphatic carbocycles. The van der Waals surface area contributed by atoms with Gasteiger partial charge in [-0.2, -0.15) is 0 Å². The summed E-state index contributed by atoms with van der Waals surface area (Å²) in [5.74, 6) is 0. The van der Waals surface area contributed by atoms with Crippen LogP contribution in [0.2, 0.25) is 0 Å². The highest BCUT2D eigenvalue weighted by atomic mass is 79.9. The quantitative estimate of drug-likeness (QED) is 0.548. The van der Waals surface area contributed by atoms with Gasteiger partial charge in [-0.3, -0.25) is 4.57 Å². The summed E-state index contributed by atoms with van der Waals surface area (Å²) >= 11 is 3.31. The largest absolute Gasteiger partial charge is 0.319 e. The monoisotopic (exact) mass is 274 g/mol. The third kappa shape index (κ3) is 19.2. The number of halogens is 1. The predicted octanol–water partition coefficient (Wildman–Crippen LogP) is 3.63. The van der Waals surface area contributed by atoms with Gasteiger partial charge in [0, 0.05) is 5.33 Å². The molecule has 0 N–H and O–H groups in total. The maximum Gasteiger partial charge on any atom is 0.319 e. The number of hydrogen-bond acceptors (Lipinski definition) is 3. The molecule has 3 nitrogen and oxygen atoms in total. The van der Waals surface area contributed by atoms with Crippen molar-refractivity contribution in [2.75, 3.05) is 18.5 Å². The van der Waals surface area contributed by atoms with Crippen molar-refractivity contribution in [3.63, 3.8) is 0 Å². The van der Waals surface area contributed by atoms with Gasteiger partial charge in [-0.25, -0.2) is 0 Å². The summed E-state index contributed by atoms with van der Waals surface area (Å²) in [6.45, 7) is 6.65. The summed E-state index contributed by atoms with van der Waals surface area (Å²) in [6.07, 6.45) is 2.60. The van der Waals surface area contributed by atoms with Crippen molar-refractivity contribution in [2.24, 2.45) is 0 Å². The van der Waals surface area contributed by atoms with Gasteiger partial charge >= 0.3 is 8.25 Å². The Morgan fingerprint density at radius 2 is 1.62 bits per heavy atom. The van der Waals surface area contributed by atoms with Gasteiger partial charge in [-0.1, -0.05) is 29.3 Å². The van der Waals surface area contributed by atoms with Crippen LogP contribution in [-0.4, -0.2) is 18.5 Å². The Hall–Kier alpha value is 0.630. The fourth-order valence-corrected chi connectivity index (χ4v) is 1.53. The molecule has 0 rings (SSSR count). The first-order valence-corrected chi connectivity index (χ1v) is 6.92. The Kier molecular flexibility index (Phi) is 18.7. The maximum absolute atomic E-state index is 10.4. The van der Waals surface area contributed by atoms with Crippen LogP contribution in [0.15, 0.2) is 0 Å². The molecule has 0 atom stereocenters. The van der Waals surface area contributed by atoms with E-state index >= 15 is 0 Å². The molecule has 0 aromatic carbocycles. The number of alkyl halides is 1. The fraction of sp³-hybridized carbons (Fsp3) is 1.00. The van der Waals surface area contributed by atoms with Gasteiger partial charge in [0.2, 0.25) is 0 Å². The molecule has 0 aromatic rings. The molecule has 0 spiro atoms. The van der Waals surface area contributed by atoms with Gasteiger partial charge < -0.3 is 9.05 Å². The Bertz CT molecular complexity index is 102. The highest BCUT2D eigenvalue weighted by Crippen LogP contribution is 2.21. The van der Waals surface area contributed by atoms with Crippen LogP contribution in [-0.2, 0) is 13.6 Å². The minimum Gasteiger partial charge on any atom is -0.311 e. The molecule has 0 aliphatic rings. The lowest BCUT2D eigenvalue weighted by Crippen LogP contribution is -1.81. The summed E-state index contributed by atoms with van der Waals surface area (Å²) in [5, 5.41) is 1.16. The van der Waals surface area contributed by atoms with Crippen molar-refractivity contribution < 1.29 is 13.6 Å². The highest BCUT2D eigenvalue weighted by molar-refractivity contribution is 9.09. The van der Waals surface area contributed by atoms with E-state index in [0.29, 0.717) is 13.2 Å². The van der Waals surface area contributed by atoms with Crippen LogP contribution in [0.1, 0.15) is 33.6 Å². The van der Waals surface area contributed by atoms with Crippen LogP contribution in [0.4, 0.5) is 0 Å². The molecular formula is C8H20BrO3P. The highest BCUT2D eigenvalue weighted by Gasteiger charge is 1.91. The fourth-order valence-electron chi connectivity index (χ4n) is 0.411. The molecule has 0 unspecified atom stereocenters. The topological polar surface area (TPSA) is 35.5 Å². The lowest BCUT2D eigenvalue weighted by Gasteiger charge is -1.97. The van der Waals surface area contributed by atoms with Crippen molar-refractivity contribution >= 4 is 24.2 Å². The zero-order chi connectivity index (χ0) is 10.5. The van der Waals surface area contributed by atoms with E-state index < -0.39 is 8.25 Å². The average molecular weight is 275 g/mol. The third-order valence-corrected chi connectivity index (χ3v) is 2.62. The van der Waals surface area contributed by atoms with Crippen molar-refractivity contribution in [1.82, 2.24) is 0 Å². The Labute approximate surface area is 90.3 Å². The zero-order valence-corrected chi connectivity index (χ0v) is 11.2. The van der Waals surface area contributed by atoms with Gasteiger partial charge in [-0.05, 0) is 20.3 Å². The zero-order valence-electron chi connectivity index (χ0n) is 8.64. The number of rotatable bonds is 6. The Morgan fingerprint density at radius 3 is 1.77 bits per heavy atom. The minimum absolute atomic E-state index is 0.456. The van der Waals surface area contributed by atoms with Gasteiger partial charge in [-0.15, -0.1) is 0 Å². The molecule has 0 amide bonds. The standard InChI is InChI=1S/C4H9Br.C4H11O3P/c1-2-3-4-5;1-3-6-8(5)7-4-2/h2-4H2,1H3;8H,3-4H2,1-2H3. The molecular weight excluding hydrogens is 255 g/mol. The normalized spacial score (nSPS) is 9.62. The summed E-state index contributed by atoms with van der Waals surface area (Å²) in [4.78, 5) is 0. The second-order valence-corrected chi connectivity index (χ2v) is 4.03. The molecule has 0 fully saturated rings. The van der Waals surface area contributed by atoms with E-state index in [2.05, 4.69) is 31.9 Å². The van der Waals surface area contributed by atoms with Crippen molar-refractivity contribution in [3.05, 3.63) is 0 Å². The summed E-state index contributed by atoms with van der Waals surface area (Å²) in [6, 6.07) is 0. The SMILES string of the molecule is CCCCBr.CCO[PH](=O)OCC. The second-order valence-electron chi connectivity index (χ2n) is 2.16. The van der Waals surface area contributed by atoms with Gasteiger partial charge in [0.25, 0.3) is 0 Å². The number of unbranched alkanes of at least 4 members (excludes halogenated alkanes) is 1. The first-order chi connectivity index (χ1) is 6.22. The van der Waals surface area contributed by atoms with E-state index in [0.717, 1.165) is 5.33 Å². The van der Waals surface area contributed by atoms with Crippen LogP contribution < -0.4 is 0 Å². The maximum atomic E-state index is 10.4. The van der Waals surface area contributed by atoms with Crippen LogP contribution in [0.3, 0.4) is 0 Å². The van der Waals surface area contributed by atoms with Gasteiger partial charge in [0.15, 0.2) is 0 Å². The molecule has 82 valence electrons. The van der Waals surface area contributed by atoms with E-state index in [9.17, 15) is 4.57 Å². The second kappa shape index (κ2) is 15.1. The van der Waals surface area contributed by atoms with Crippen LogP contribution in [0.5, 0.6) is 0 Å². The van der Waals surface area contributed by atoms with Crippen LogP contribution in [0, 0.1) is 0 Å². The van der Waals surface area contributed by atoms with E-state index in [1.54, 1.807) is 13.8 Å². The minimum atomic E-state index is -2.14. The number of hydrogen-bond donors (Lipinski definition) is 0. The molecule has 0 saturated carbocycles. The van der Waals surface area contributed by atoms with Crippen LogP contribution in [0.25, 0.3) is 0 Å². The lowest BCUT2D eigenvalue weighted by atomic mass is 10.4. The molecule has 0 aliphatic heterocycles. The summed E-state index contributed by atoms with van der Waals surface area (Å²) < 4.78 is 19.6. The van der Waals surface area contributed by atoms with Crippen molar-refractivity contribution in [1.29, 1.82) is 0 Å². The average Bonchev–Trinajstić information content (AvgIpc) is 2.08. The summed E-state index contributed by atoms with van der Waals surface area (Å²) in [7, 11) is -2.14. The molecule has 13 heavy (non-hydrogen) atoms. The van der Waals surface area contributed by atoms with Crippen LogP contribution >= 0.6 is 24.2 Å².